The number of aromatic amines is 1. The summed E-state index contributed by atoms with van der Waals surface area (Å²) in [7, 11) is 0. The van der Waals surface area contributed by atoms with Crippen LogP contribution in [0.25, 0.3) is 0 Å². The van der Waals surface area contributed by atoms with Crippen LogP contribution >= 0.6 is 0 Å². The van der Waals surface area contributed by atoms with E-state index in [1.165, 1.54) is 4.90 Å². The number of H-pyrrole nitrogens is 1. The number of rotatable bonds is 6. The molecule has 132 valence electrons. The van der Waals surface area contributed by atoms with Crippen molar-refractivity contribution in [2.75, 3.05) is 44.2 Å². The van der Waals surface area contributed by atoms with Gasteiger partial charge in [-0.05, 0) is 18.4 Å². The smallest absolute Gasteiger partial charge is 0.321 e. The van der Waals surface area contributed by atoms with Gasteiger partial charge in [0.25, 0.3) is 11.7 Å². The molecule has 0 aromatic carbocycles. The summed E-state index contributed by atoms with van der Waals surface area (Å²) in [6, 6.07) is 5.63. The van der Waals surface area contributed by atoms with Gasteiger partial charge >= 0.3 is 6.03 Å². The van der Waals surface area contributed by atoms with E-state index in [0.717, 1.165) is 38.4 Å². The van der Waals surface area contributed by atoms with Crippen molar-refractivity contribution >= 4 is 17.8 Å². The van der Waals surface area contributed by atoms with Crippen LogP contribution in [0.4, 0.5) is 10.6 Å². The third kappa shape index (κ3) is 6.16. The number of hydrogen-bond donors (Lipinski definition) is 3. The van der Waals surface area contributed by atoms with Crippen LogP contribution in [0.2, 0.25) is 0 Å². The Bertz CT molecular complexity index is 527. The average molecular weight is 335 g/mol. The van der Waals surface area contributed by atoms with Gasteiger partial charge in [-0.25, -0.2) is 9.78 Å². The summed E-state index contributed by atoms with van der Waals surface area (Å²) in [6.45, 7) is 8.67. The number of hydrogen-bond acceptors (Lipinski definition) is 3. The molecule has 24 heavy (non-hydrogen) atoms. The highest BCUT2D eigenvalue weighted by molar-refractivity contribution is 5.94. The van der Waals surface area contributed by atoms with Gasteiger partial charge in [0.15, 0.2) is 6.54 Å². The molecule has 4 N–H and O–H groups in total. The van der Waals surface area contributed by atoms with Crippen molar-refractivity contribution < 1.29 is 19.5 Å². The lowest BCUT2D eigenvalue weighted by Gasteiger charge is -2.27. The van der Waals surface area contributed by atoms with E-state index < -0.39 is 6.03 Å². The number of nitrogens with zero attached hydrogens (tertiary/aromatic N) is 1. The number of nitrogens with one attached hydrogen (secondary N) is 4. The zero-order chi connectivity index (χ0) is 17.4. The molecule has 2 rings (SSSR count). The highest BCUT2D eigenvalue weighted by atomic mass is 16.2. The molecule has 1 aromatic heterocycles. The molecule has 1 fully saturated rings. The first-order valence-corrected chi connectivity index (χ1v) is 8.67. The van der Waals surface area contributed by atoms with Gasteiger partial charge in [0, 0.05) is 12.6 Å². The fourth-order valence-electron chi connectivity index (χ4n) is 2.74. The van der Waals surface area contributed by atoms with Crippen LogP contribution in [0, 0.1) is 5.92 Å². The van der Waals surface area contributed by atoms with Crippen molar-refractivity contribution in [3.8, 4) is 0 Å². The second-order valence-corrected chi connectivity index (χ2v) is 6.65. The van der Waals surface area contributed by atoms with Gasteiger partial charge in [0.1, 0.15) is 26.2 Å². The number of imide groups is 1. The number of amides is 3. The number of piperazine rings is 1. The van der Waals surface area contributed by atoms with Crippen molar-refractivity contribution in [2.24, 2.45) is 5.92 Å². The Morgan fingerprint density at radius 2 is 2.04 bits per heavy atom. The number of carbonyl (C=O) groups excluding carboxylic acids is 2. The monoisotopic (exact) mass is 335 g/mol. The molecular weight excluding hydrogens is 306 g/mol. The van der Waals surface area contributed by atoms with Gasteiger partial charge in [-0.3, -0.25) is 15.0 Å². The lowest BCUT2D eigenvalue weighted by atomic mass is 10.1. The van der Waals surface area contributed by atoms with Crippen LogP contribution in [-0.2, 0) is 4.79 Å². The highest BCUT2D eigenvalue weighted by Crippen LogP contribution is 2.04. The van der Waals surface area contributed by atoms with E-state index >= 15 is 0 Å². The predicted molar refractivity (Wildman–Crippen MR) is 91.8 cm³/mol. The third-order valence-corrected chi connectivity index (χ3v) is 4.17. The molecular formula is C17H29N5O2+2. The van der Waals surface area contributed by atoms with Crippen molar-refractivity contribution in [1.29, 1.82) is 0 Å². The number of anilines is 1. The lowest BCUT2D eigenvalue weighted by Crippen LogP contribution is -3.16. The standard InChI is InChI=1S/C17H27N5O2/c1-14(2)6-8-19-17(24)20-16(23)13-21-9-11-22(12-10-21)15-5-3-4-7-18-15/h3-5,7,14H,6,8-13H2,1-2H3,(H2,19,20,23,24)/p+2. The molecule has 0 atom stereocenters. The van der Waals surface area contributed by atoms with Crippen molar-refractivity contribution in [2.45, 2.75) is 20.3 Å². The van der Waals surface area contributed by atoms with E-state index in [-0.39, 0.29) is 5.91 Å². The zero-order valence-corrected chi connectivity index (χ0v) is 14.6. The number of pyridine rings is 1. The van der Waals surface area contributed by atoms with Crippen LogP contribution < -0.4 is 25.4 Å². The van der Waals surface area contributed by atoms with E-state index in [2.05, 4.69) is 40.4 Å². The van der Waals surface area contributed by atoms with Crippen LogP contribution in [0.1, 0.15) is 20.3 Å². The first kappa shape index (κ1) is 18.2. The van der Waals surface area contributed by atoms with Gasteiger partial charge in [0.05, 0.1) is 6.20 Å². The number of carbonyl (C=O) groups is 2. The van der Waals surface area contributed by atoms with Crippen LogP contribution in [-0.4, -0.2) is 51.2 Å². The van der Waals surface area contributed by atoms with Crippen molar-refractivity contribution in [1.82, 2.24) is 10.6 Å². The lowest BCUT2D eigenvalue weighted by molar-refractivity contribution is -0.892. The number of aromatic nitrogens is 1. The largest absolute Gasteiger partial charge is 0.338 e. The molecule has 7 heteroatoms. The fraction of sp³-hybridized carbons (Fsp3) is 0.588. The summed E-state index contributed by atoms with van der Waals surface area (Å²) in [4.78, 5) is 30.3. The van der Waals surface area contributed by atoms with Crippen LogP contribution in [0.15, 0.2) is 24.4 Å². The highest BCUT2D eigenvalue weighted by Gasteiger charge is 2.27. The van der Waals surface area contributed by atoms with Gasteiger partial charge in [-0.2, -0.15) is 0 Å². The van der Waals surface area contributed by atoms with Crippen LogP contribution in [0.3, 0.4) is 0 Å². The topological polar surface area (TPSA) is 80.0 Å². The normalized spacial score (nSPS) is 15.4. The molecule has 1 aliphatic rings. The van der Waals surface area contributed by atoms with E-state index in [9.17, 15) is 9.59 Å². The third-order valence-electron chi connectivity index (χ3n) is 4.17. The Labute approximate surface area is 143 Å². The summed E-state index contributed by atoms with van der Waals surface area (Å²) in [5.74, 6) is 1.42. The molecule has 0 spiro atoms. The molecule has 7 nitrogen and oxygen atoms in total. The van der Waals surface area contributed by atoms with Gasteiger partial charge < -0.3 is 10.2 Å². The minimum absolute atomic E-state index is 0.216. The minimum Gasteiger partial charge on any atom is -0.338 e. The SMILES string of the molecule is CC(C)CCNC(=O)NC(=O)C[NH+]1CCN(c2cccc[nH+]2)CC1. The Hall–Kier alpha value is -2.15. The van der Waals surface area contributed by atoms with E-state index in [4.69, 9.17) is 0 Å². The van der Waals surface area contributed by atoms with Gasteiger partial charge in [0.2, 0.25) is 0 Å². The Balaban J connectivity index is 1.66. The molecule has 1 aromatic rings. The summed E-state index contributed by atoms with van der Waals surface area (Å²) in [6.07, 6.45) is 2.82. The molecule has 0 unspecified atom stereocenters. The van der Waals surface area contributed by atoms with E-state index in [1.807, 2.05) is 18.3 Å². The molecule has 1 saturated heterocycles. The maximum Gasteiger partial charge on any atom is 0.321 e. The van der Waals surface area contributed by atoms with Gasteiger partial charge in [-0.1, -0.05) is 19.9 Å². The molecule has 0 saturated carbocycles. The number of quaternary nitrogens is 1. The van der Waals surface area contributed by atoms with E-state index in [0.29, 0.717) is 19.0 Å². The molecule has 2 heterocycles. The summed E-state index contributed by atoms with van der Waals surface area (Å²) in [5.41, 5.74) is 0. The molecule has 0 aliphatic carbocycles. The van der Waals surface area contributed by atoms with Gasteiger partial charge in [-0.15, -0.1) is 0 Å². The fourth-order valence-corrected chi connectivity index (χ4v) is 2.74. The average Bonchev–Trinajstić information content (AvgIpc) is 2.56. The van der Waals surface area contributed by atoms with Crippen LogP contribution in [0.5, 0.6) is 0 Å². The van der Waals surface area contributed by atoms with Crippen molar-refractivity contribution in [3.63, 3.8) is 0 Å². The second-order valence-electron chi connectivity index (χ2n) is 6.65. The first-order chi connectivity index (χ1) is 11.5. The Morgan fingerprint density at radius 3 is 2.67 bits per heavy atom. The zero-order valence-electron chi connectivity index (χ0n) is 14.6. The van der Waals surface area contributed by atoms with Crippen molar-refractivity contribution in [3.05, 3.63) is 24.4 Å². The molecule has 3 amide bonds. The quantitative estimate of drug-likeness (QED) is 0.629. The molecule has 1 aliphatic heterocycles. The number of urea groups is 1. The molecule has 0 radical (unpaired) electrons. The first-order valence-electron chi connectivity index (χ1n) is 8.67. The summed E-state index contributed by atoms with van der Waals surface area (Å²) < 4.78 is 0. The summed E-state index contributed by atoms with van der Waals surface area (Å²) >= 11 is 0. The molecule has 0 bridgehead atoms. The second kappa shape index (κ2) is 9.22. The maximum absolute atomic E-state index is 12.0. The predicted octanol–water partition coefficient (Wildman–Crippen LogP) is -0.922. The Kier molecular flexibility index (Phi) is 6.99. The Morgan fingerprint density at radius 1 is 1.29 bits per heavy atom. The minimum atomic E-state index is -0.391. The van der Waals surface area contributed by atoms with E-state index in [1.54, 1.807) is 0 Å². The summed E-state index contributed by atoms with van der Waals surface area (Å²) in [5, 5.41) is 5.13. The maximum atomic E-state index is 12.0.